The monoisotopic (exact) mass is 389 g/mol. The number of rotatable bonds is 7. The molecule has 0 saturated carbocycles. The van der Waals surface area contributed by atoms with E-state index in [1.807, 2.05) is 61.5 Å². The number of urea groups is 1. The van der Waals surface area contributed by atoms with Crippen molar-refractivity contribution in [3.63, 3.8) is 0 Å². The van der Waals surface area contributed by atoms with Crippen LogP contribution in [-0.4, -0.2) is 18.5 Å². The standard InChI is InChI=1S/C23H23N3O3/c1-17-7-11-20(12-8-17)29-21-13-9-19(10-14-21)26-22(27)16-25-23(28)24-15-18-5-3-2-4-6-18/h2-14H,15-16H2,1H3,(H,26,27)(H2,24,25,28). The van der Waals surface area contributed by atoms with Crippen LogP contribution in [0.25, 0.3) is 0 Å². The highest BCUT2D eigenvalue weighted by atomic mass is 16.5. The Kier molecular flexibility index (Phi) is 6.84. The lowest BCUT2D eigenvalue weighted by molar-refractivity contribution is -0.115. The van der Waals surface area contributed by atoms with E-state index < -0.39 is 6.03 Å². The van der Waals surface area contributed by atoms with E-state index in [0.29, 0.717) is 18.0 Å². The Bertz CT molecular complexity index is 939. The molecule has 0 aliphatic carbocycles. The van der Waals surface area contributed by atoms with Gasteiger partial charge in [0.2, 0.25) is 5.91 Å². The molecule has 0 saturated heterocycles. The molecule has 0 aliphatic rings. The predicted molar refractivity (Wildman–Crippen MR) is 113 cm³/mol. The summed E-state index contributed by atoms with van der Waals surface area (Å²) in [4.78, 5) is 23.8. The van der Waals surface area contributed by atoms with Gasteiger partial charge in [0.1, 0.15) is 11.5 Å². The number of ether oxygens (including phenoxy) is 1. The van der Waals surface area contributed by atoms with E-state index in [2.05, 4.69) is 16.0 Å². The Morgan fingerprint density at radius 3 is 2.07 bits per heavy atom. The van der Waals surface area contributed by atoms with E-state index in [1.54, 1.807) is 24.3 Å². The summed E-state index contributed by atoms with van der Waals surface area (Å²) >= 11 is 0. The number of hydrogen-bond acceptors (Lipinski definition) is 3. The van der Waals surface area contributed by atoms with Crippen molar-refractivity contribution >= 4 is 17.6 Å². The van der Waals surface area contributed by atoms with E-state index in [1.165, 1.54) is 0 Å². The summed E-state index contributed by atoms with van der Waals surface area (Å²) in [6.45, 7) is 2.29. The molecule has 3 amide bonds. The molecule has 0 atom stereocenters. The van der Waals surface area contributed by atoms with E-state index >= 15 is 0 Å². The number of anilines is 1. The van der Waals surface area contributed by atoms with Crippen LogP contribution in [0.3, 0.4) is 0 Å². The number of amides is 3. The van der Waals surface area contributed by atoms with Crippen LogP contribution in [0.2, 0.25) is 0 Å². The summed E-state index contributed by atoms with van der Waals surface area (Å²) in [7, 11) is 0. The fourth-order valence-electron chi connectivity index (χ4n) is 2.56. The molecule has 0 aliphatic heterocycles. The lowest BCUT2D eigenvalue weighted by Gasteiger charge is -2.10. The van der Waals surface area contributed by atoms with Gasteiger partial charge in [-0.1, -0.05) is 48.0 Å². The van der Waals surface area contributed by atoms with Crippen LogP contribution >= 0.6 is 0 Å². The first kappa shape index (κ1) is 19.9. The molecule has 0 aromatic heterocycles. The van der Waals surface area contributed by atoms with Crippen LogP contribution in [0.1, 0.15) is 11.1 Å². The lowest BCUT2D eigenvalue weighted by Crippen LogP contribution is -2.39. The molecule has 3 aromatic carbocycles. The molecule has 6 nitrogen and oxygen atoms in total. The van der Waals surface area contributed by atoms with Crippen molar-refractivity contribution in [1.29, 1.82) is 0 Å². The molecule has 3 rings (SSSR count). The molecule has 3 aromatic rings. The Hall–Kier alpha value is -3.80. The number of nitrogens with one attached hydrogen (secondary N) is 3. The first-order valence-electron chi connectivity index (χ1n) is 9.28. The van der Waals surface area contributed by atoms with Gasteiger partial charge in [0.05, 0.1) is 6.54 Å². The minimum atomic E-state index is -0.397. The second-order valence-electron chi connectivity index (χ2n) is 6.51. The van der Waals surface area contributed by atoms with Crippen LogP contribution in [-0.2, 0) is 11.3 Å². The van der Waals surface area contributed by atoms with Crippen molar-refractivity contribution in [2.24, 2.45) is 0 Å². The first-order chi connectivity index (χ1) is 14.1. The molecule has 0 fully saturated rings. The van der Waals surface area contributed by atoms with Crippen LogP contribution in [0.5, 0.6) is 11.5 Å². The molecular formula is C23H23N3O3. The van der Waals surface area contributed by atoms with Crippen molar-refractivity contribution < 1.29 is 14.3 Å². The summed E-state index contributed by atoms with van der Waals surface area (Å²) in [5.74, 6) is 1.11. The molecular weight excluding hydrogens is 366 g/mol. The Morgan fingerprint density at radius 1 is 0.793 bits per heavy atom. The molecule has 6 heteroatoms. The van der Waals surface area contributed by atoms with Crippen molar-refractivity contribution in [1.82, 2.24) is 10.6 Å². The smallest absolute Gasteiger partial charge is 0.315 e. The number of aryl methyl sites for hydroxylation is 1. The Labute approximate surface area is 169 Å². The molecule has 29 heavy (non-hydrogen) atoms. The van der Waals surface area contributed by atoms with Gasteiger partial charge in [-0.2, -0.15) is 0 Å². The van der Waals surface area contributed by atoms with Crippen LogP contribution in [0.4, 0.5) is 10.5 Å². The van der Waals surface area contributed by atoms with Crippen molar-refractivity contribution in [2.75, 3.05) is 11.9 Å². The van der Waals surface area contributed by atoms with E-state index in [9.17, 15) is 9.59 Å². The van der Waals surface area contributed by atoms with Crippen LogP contribution < -0.4 is 20.7 Å². The fraction of sp³-hybridized carbons (Fsp3) is 0.130. The predicted octanol–water partition coefficient (Wildman–Crippen LogP) is 4.23. The summed E-state index contributed by atoms with van der Waals surface area (Å²) in [5.41, 5.74) is 2.77. The zero-order valence-corrected chi connectivity index (χ0v) is 16.1. The molecule has 148 valence electrons. The van der Waals surface area contributed by atoms with Gasteiger partial charge in [0, 0.05) is 12.2 Å². The number of hydrogen-bond donors (Lipinski definition) is 3. The van der Waals surface area contributed by atoms with Crippen LogP contribution in [0.15, 0.2) is 78.9 Å². The Morgan fingerprint density at radius 2 is 1.41 bits per heavy atom. The minimum absolute atomic E-state index is 0.123. The van der Waals surface area contributed by atoms with E-state index in [0.717, 1.165) is 16.9 Å². The van der Waals surface area contributed by atoms with Gasteiger partial charge in [-0.15, -0.1) is 0 Å². The molecule has 0 radical (unpaired) electrons. The third kappa shape index (κ3) is 6.70. The summed E-state index contributed by atoms with van der Waals surface area (Å²) < 4.78 is 5.76. The maximum absolute atomic E-state index is 12.0. The van der Waals surface area contributed by atoms with Gasteiger partial charge in [-0.25, -0.2) is 4.79 Å². The third-order valence-electron chi connectivity index (χ3n) is 4.10. The second kappa shape index (κ2) is 9.94. The van der Waals surface area contributed by atoms with Crippen molar-refractivity contribution in [2.45, 2.75) is 13.5 Å². The SMILES string of the molecule is Cc1ccc(Oc2ccc(NC(=O)CNC(=O)NCc3ccccc3)cc2)cc1. The molecule has 0 spiro atoms. The van der Waals surface area contributed by atoms with Crippen LogP contribution in [0, 0.1) is 6.92 Å². The van der Waals surface area contributed by atoms with E-state index in [-0.39, 0.29) is 12.5 Å². The summed E-state index contributed by atoms with van der Waals surface area (Å²) in [6.07, 6.45) is 0. The van der Waals surface area contributed by atoms with Crippen molar-refractivity contribution in [3.05, 3.63) is 90.0 Å². The van der Waals surface area contributed by atoms with E-state index in [4.69, 9.17) is 4.74 Å². The zero-order chi connectivity index (χ0) is 20.5. The quantitative estimate of drug-likeness (QED) is 0.566. The summed E-state index contributed by atoms with van der Waals surface area (Å²) in [6, 6.07) is 24.0. The van der Waals surface area contributed by atoms with Gasteiger partial charge in [-0.3, -0.25) is 4.79 Å². The highest BCUT2D eigenvalue weighted by molar-refractivity contribution is 5.94. The van der Waals surface area contributed by atoms with Crippen molar-refractivity contribution in [3.8, 4) is 11.5 Å². The number of carbonyl (C=O) groups is 2. The average Bonchev–Trinajstić information content (AvgIpc) is 2.74. The lowest BCUT2D eigenvalue weighted by atomic mass is 10.2. The summed E-state index contributed by atoms with van der Waals surface area (Å²) in [5, 5.41) is 7.97. The van der Waals surface area contributed by atoms with Gasteiger partial charge < -0.3 is 20.7 Å². The van der Waals surface area contributed by atoms with Gasteiger partial charge in [-0.05, 0) is 48.9 Å². The van der Waals surface area contributed by atoms with Gasteiger partial charge in [0.25, 0.3) is 0 Å². The highest BCUT2D eigenvalue weighted by Gasteiger charge is 2.06. The number of carbonyl (C=O) groups excluding carboxylic acids is 2. The second-order valence-corrected chi connectivity index (χ2v) is 6.51. The fourth-order valence-corrected chi connectivity index (χ4v) is 2.56. The highest BCUT2D eigenvalue weighted by Crippen LogP contribution is 2.23. The average molecular weight is 389 g/mol. The largest absolute Gasteiger partial charge is 0.457 e. The zero-order valence-electron chi connectivity index (χ0n) is 16.1. The van der Waals surface area contributed by atoms with Gasteiger partial charge >= 0.3 is 6.03 Å². The molecule has 3 N–H and O–H groups in total. The molecule has 0 bridgehead atoms. The molecule has 0 heterocycles. The maximum Gasteiger partial charge on any atom is 0.315 e. The molecule has 0 unspecified atom stereocenters. The Balaban J connectivity index is 1.40. The maximum atomic E-state index is 12.0. The minimum Gasteiger partial charge on any atom is -0.457 e. The normalized spacial score (nSPS) is 10.1. The topological polar surface area (TPSA) is 79.5 Å². The third-order valence-corrected chi connectivity index (χ3v) is 4.10. The first-order valence-corrected chi connectivity index (χ1v) is 9.28. The van der Waals surface area contributed by atoms with Gasteiger partial charge in [0.15, 0.2) is 0 Å². The number of benzene rings is 3.